The van der Waals surface area contributed by atoms with Gasteiger partial charge < -0.3 is 15.2 Å². The van der Waals surface area contributed by atoms with E-state index in [1.165, 1.54) is 6.08 Å². The molecule has 2 atom stereocenters. The maximum absolute atomic E-state index is 12.3. The van der Waals surface area contributed by atoms with Crippen molar-refractivity contribution in [2.45, 2.75) is 32.4 Å². The quantitative estimate of drug-likeness (QED) is 0.831. The SMILES string of the molecule is Cc1cc(/C=C/C(=O)O)cc(C(=O)NC2CCOC2C)c1. The van der Waals surface area contributed by atoms with Crippen molar-refractivity contribution in [2.24, 2.45) is 0 Å². The van der Waals surface area contributed by atoms with E-state index in [1.54, 1.807) is 12.1 Å². The fraction of sp³-hybridized carbons (Fsp3) is 0.375. The van der Waals surface area contributed by atoms with Gasteiger partial charge in [0.05, 0.1) is 12.1 Å². The number of carboxylic acids is 1. The van der Waals surface area contributed by atoms with Gasteiger partial charge in [-0.2, -0.15) is 0 Å². The fourth-order valence-electron chi connectivity index (χ4n) is 2.38. The van der Waals surface area contributed by atoms with Gasteiger partial charge in [0.25, 0.3) is 5.91 Å². The van der Waals surface area contributed by atoms with E-state index in [0.29, 0.717) is 17.7 Å². The van der Waals surface area contributed by atoms with Crippen LogP contribution in [-0.2, 0) is 9.53 Å². The molecule has 0 bridgehead atoms. The van der Waals surface area contributed by atoms with Gasteiger partial charge in [-0.25, -0.2) is 4.79 Å². The van der Waals surface area contributed by atoms with Crippen molar-refractivity contribution >= 4 is 18.0 Å². The number of amides is 1. The Labute approximate surface area is 123 Å². The van der Waals surface area contributed by atoms with E-state index in [0.717, 1.165) is 18.1 Å². The minimum Gasteiger partial charge on any atom is -0.478 e. The van der Waals surface area contributed by atoms with E-state index in [-0.39, 0.29) is 18.1 Å². The molecule has 5 nitrogen and oxygen atoms in total. The molecule has 1 fully saturated rings. The standard InChI is InChI=1S/C16H19NO4/c1-10-7-12(3-4-15(18)19)9-13(8-10)16(20)17-14-5-6-21-11(14)2/h3-4,7-9,11,14H,5-6H2,1-2H3,(H,17,20)(H,18,19)/b4-3+. The summed E-state index contributed by atoms with van der Waals surface area (Å²) in [7, 11) is 0. The van der Waals surface area contributed by atoms with Crippen molar-refractivity contribution in [3.05, 3.63) is 41.0 Å². The summed E-state index contributed by atoms with van der Waals surface area (Å²) in [5.74, 6) is -1.18. The number of carboxylic acid groups (broad SMARTS) is 1. The summed E-state index contributed by atoms with van der Waals surface area (Å²) in [6, 6.07) is 5.32. The fourth-order valence-corrected chi connectivity index (χ4v) is 2.38. The van der Waals surface area contributed by atoms with Gasteiger partial charge in [0.2, 0.25) is 0 Å². The molecule has 1 heterocycles. The summed E-state index contributed by atoms with van der Waals surface area (Å²) < 4.78 is 5.42. The highest BCUT2D eigenvalue weighted by atomic mass is 16.5. The number of hydrogen-bond donors (Lipinski definition) is 2. The smallest absolute Gasteiger partial charge is 0.328 e. The van der Waals surface area contributed by atoms with Gasteiger partial charge in [-0.1, -0.05) is 6.07 Å². The average molecular weight is 289 g/mol. The summed E-state index contributed by atoms with van der Waals surface area (Å²) in [5, 5.41) is 11.6. The van der Waals surface area contributed by atoms with Gasteiger partial charge >= 0.3 is 5.97 Å². The number of aliphatic carboxylic acids is 1. The van der Waals surface area contributed by atoms with Crippen LogP contribution in [0.4, 0.5) is 0 Å². The Morgan fingerprint density at radius 2 is 2.14 bits per heavy atom. The van der Waals surface area contributed by atoms with Gasteiger partial charge in [0, 0.05) is 18.2 Å². The van der Waals surface area contributed by atoms with E-state index in [9.17, 15) is 9.59 Å². The second-order valence-electron chi connectivity index (χ2n) is 5.25. The highest BCUT2D eigenvalue weighted by Crippen LogP contribution is 2.15. The second kappa shape index (κ2) is 6.54. The molecule has 2 unspecified atom stereocenters. The predicted octanol–water partition coefficient (Wildman–Crippen LogP) is 2.00. The number of nitrogens with one attached hydrogen (secondary N) is 1. The minimum atomic E-state index is -1.01. The van der Waals surface area contributed by atoms with Gasteiger partial charge in [-0.3, -0.25) is 4.79 Å². The van der Waals surface area contributed by atoms with Gasteiger partial charge in [-0.05, 0) is 49.6 Å². The van der Waals surface area contributed by atoms with Crippen molar-refractivity contribution in [1.82, 2.24) is 5.32 Å². The highest BCUT2D eigenvalue weighted by molar-refractivity contribution is 5.95. The number of aryl methyl sites for hydroxylation is 1. The molecule has 1 aliphatic rings. The molecule has 1 amide bonds. The summed E-state index contributed by atoms with van der Waals surface area (Å²) in [6.07, 6.45) is 3.37. The largest absolute Gasteiger partial charge is 0.478 e. The van der Waals surface area contributed by atoms with E-state index >= 15 is 0 Å². The third-order valence-corrected chi connectivity index (χ3v) is 3.47. The van der Waals surface area contributed by atoms with Crippen LogP contribution in [0.3, 0.4) is 0 Å². The Bertz CT molecular complexity index is 580. The first-order valence-electron chi connectivity index (χ1n) is 6.91. The molecule has 2 rings (SSSR count). The molecular formula is C16H19NO4. The van der Waals surface area contributed by atoms with Crippen LogP contribution in [0.25, 0.3) is 6.08 Å². The van der Waals surface area contributed by atoms with Crippen molar-refractivity contribution in [1.29, 1.82) is 0 Å². The molecule has 2 N–H and O–H groups in total. The van der Waals surface area contributed by atoms with E-state index in [4.69, 9.17) is 9.84 Å². The zero-order valence-corrected chi connectivity index (χ0v) is 12.1. The van der Waals surface area contributed by atoms with E-state index < -0.39 is 5.97 Å². The molecule has 21 heavy (non-hydrogen) atoms. The lowest BCUT2D eigenvalue weighted by molar-refractivity contribution is -0.131. The van der Waals surface area contributed by atoms with Crippen LogP contribution in [-0.4, -0.2) is 35.7 Å². The van der Waals surface area contributed by atoms with Crippen LogP contribution >= 0.6 is 0 Å². The lowest BCUT2D eigenvalue weighted by atomic mass is 10.0. The second-order valence-corrected chi connectivity index (χ2v) is 5.25. The molecule has 0 aliphatic carbocycles. The number of hydrogen-bond acceptors (Lipinski definition) is 3. The lowest BCUT2D eigenvalue weighted by Crippen LogP contribution is -2.39. The molecule has 5 heteroatoms. The van der Waals surface area contributed by atoms with Gasteiger partial charge in [-0.15, -0.1) is 0 Å². The van der Waals surface area contributed by atoms with Gasteiger partial charge in [0.15, 0.2) is 0 Å². The molecule has 0 saturated carbocycles. The number of carbonyl (C=O) groups excluding carboxylic acids is 1. The van der Waals surface area contributed by atoms with E-state index in [1.807, 2.05) is 19.9 Å². The highest BCUT2D eigenvalue weighted by Gasteiger charge is 2.26. The Hall–Kier alpha value is -2.14. The first-order valence-corrected chi connectivity index (χ1v) is 6.91. The topological polar surface area (TPSA) is 75.6 Å². The molecule has 1 aromatic carbocycles. The first-order chi connectivity index (χ1) is 9.95. The summed E-state index contributed by atoms with van der Waals surface area (Å²) in [6.45, 7) is 4.47. The van der Waals surface area contributed by atoms with Crippen LogP contribution in [0.1, 0.15) is 34.8 Å². The third kappa shape index (κ3) is 4.16. The third-order valence-electron chi connectivity index (χ3n) is 3.47. The van der Waals surface area contributed by atoms with Crippen LogP contribution in [0.15, 0.2) is 24.3 Å². The summed E-state index contributed by atoms with van der Waals surface area (Å²) >= 11 is 0. The maximum Gasteiger partial charge on any atom is 0.328 e. The Kier molecular flexibility index (Phi) is 4.75. The number of ether oxygens (including phenoxy) is 1. The normalized spacial score (nSPS) is 21.6. The molecule has 1 aliphatic heterocycles. The number of rotatable bonds is 4. The van der Waals surface area contributed by atoms with Crippen molar-refractivity contribution in [3.8, 4) is 0 Å². The van der Waals surface area contributed by atoms with Crippen LogP contribution in [0, 0.1) is 6.92 Å². The summed E-state index contributed by atoms with van der Waals surface area (Å²) in [4.78, 5) is 22.8. The molecular weight excluding hydrogens is 270 g/mol. The minimum absolute atomic E-state index is 0.0186. The maximum atomic E-state index is 12.3. The van der Waals surface area contributed by atoms with E-state index in [2.05, 4.69) is 5.32 Å². The average Bonchev–Trinajstić information content (AvgIpc) is 2.81. The van der Waals surface area contributed by atoms with Crippen LogP contribution in [0.2, 0.25) is 0 Å². The van der Waals surface area contributed by atoms with Crippen molar-refractivity contribution < 1.29 is 19.4 Å². The Balaban J connectivity index is 2.14. The number of carbonyl (C=O) groups is 2. The molecule has 1 aromatic rings. The lowest BCUT2D eigenvalue weighted by Gasteiger charge is -2.16. The zero-order valence-electron chi connectivity index (χ0n) is 12.1. The Morgan fingerprint density at radius 1 is 1.38 bits per heavy atom. The first kappa shape index (κ1) is 15.3. The molecule has 0 aromatic heterocycles. The molecule has 0 radical (unpaired) electrons. The number of benzene rings is 1. The van der Waals surface area contributed by atoms with Crippen LogP contribution < -0.4 is 5.32 Å². The van der Waals surface area contributed by atoms with Crippen LogP contribution in [0.5, 0.6) is 0 Å². The molecule has 1 saturated heterocycles. The zero-order chi connectivity index (χ0) is 15.4. The monoisotopic (exact) mass is 289 g/mol. The summed E-state index contributed by atoms with van der Waals surface area (Å²) in [5.41, 5.74) is 2.13. The molecule has 112 valence electrons. The van der Waals surface area contributed by atoms with Crippen molar-refractivity contribution in [3.63, 3.8) is 0 Å². The predicted molar refractivity (Wildman–Crippen MR) is 79.1 cm³/mol. The van der Waals surface area contributed by atoms with Gasteiger partial charge in [0.1, 0.15) is 0 Å². The Morgan fingerprint density at radius 3 is 2.76 bits per heavy atom. The molecule has 0 spiro atoms. The van der Waals surface area contributed by atoms with Crippen molar-refractivity contribution in [2.75, 3.05) is 6.61 Å².